The molecule has 0 saturated heterocycles. The highest BCUT2D eigenvalue weighted by molar-refractivity contribution is 7.92. The van der Waals surface area contributed by atoms with Crippen LogP contribution in [0.3, 0.4) is 0 Å². The third-order valence-electron chi connectivity index (χ3n) is 26.1. The van der Waals surface area contributed by atoms with Crippen molar-refractivity contribution in [3.63, 3.8) is 0 Å². The van der Waals surface area contributed by atoms with Crippen LogP contribution >= 0.6 is 22.7 Å². The summed E-state index contributed by atoms with van der Waals surface area (Å²) >= 11 is 2.92. The average molecular weight is 1750 g/mol. The second-order valence-corrected chi connectivity index (χ2v) is 37.9. The van der Waals surface area contributed by atoms with Crippen molar-refractivity contribution >= 4 is 159 Å². The zero-order valence-electron chi connectivity index (χ0n) is 70.6. The number of hydrogen-bond acceptors (Lipinski definition) is 4. The summed E-state index contributed by atoms with van der Waals surface area (Å²) in [5, 5.41) is 13.4. The summed E-state index contributed by atoms with van der Waals surface area (Å²) in [6.45, 7) is 8.44. The molecule has 2 heterocycles. The van der Waals surface area contributed by atoms with Gasteiger partial charge in [-0.2, -0.15) is 0 Å². The molecule has 0 amide bonds. The fourth-order valence-corrected chi connectivity index (χ4v) is 25.4. The van der Waals surface area contributed by atoms with Gasteiger partial charge in [0.25, 0.3) is 0 Å². The zero-order valence-corrected chi connectivity index (χ0v) is 73.0. The molecule has 0 aliphatic heterocycles. The lowest BCUT2D eigenvalue weighted by Gasteiger charge is -2.23. The van der Waals surface area contributed by atoms with Crippen molar-refractivity contribution in [3.05, 3.63) is 372 Å². The number of hydrogen-bond donors (Lipinski definition) is 0. The van der Waals surface area contributed by atoms with E-state index in [0.29, 0.717) is 131 Å². The van der Waals surface area contributed by atoms with Crippen LogP contribution in [-0.2, 0) is 35.5 Å². The van der Waals surface area contributed by atoms with Crippen LogP contribution in [-0.4, -0.2) is 8.42 Å². The highest BCUT2D eigenvalue weighted by Gasteiger charge is 2.37. The standard InChI is InChI=1S/C116H78F8O2S3/c1-5-17-63-29-39-81-93(53-63)105(73-21-9-11-23-75(73)107(81)85-45-35-69(117)59-97(85)121)67-33-43-89-103(57-67)127-101-51-49-91(111-79-27-15-13-25-77(79)109(87-47-37-71(119)61-99(87)123)83-41-31-65(19-7-3)55-95(83)111)115(113(89)101)129(125,126)116-92(112-80-28-16-14-26-78(80)110(88-48-38-72(120)62-100(88)124)84-42-32-66(20-8-4)56-96(84)112)50-52-102-114(116)90-44-34-68(58-104(90)128-102)106-74-22-10-12-24-76(74)108(86-46-36-70(118)60-98(86)122)82-40-30-64(18-6-2)54-94(82)106/h9-16,21-62H,5-8,17-20H2,1-4H3. The van der Waals surface area contributed by atoms with Crippen LogP contribution in [0.1, 0.15) is 75.6 Å². The first-order valence-corrected chi connectivity index (χ1v) is 46.9. The molecule has 0 atom stereocenters. The minimum Gasteiger partial charge on any atom is -0.218 e. The maximum Gasteiger partial charge on any atom is 0.209 e. The van der Waals surface area contributed by atoms with E-state index in [1.807, 2.05) is 170 Å². The van der Waals surface area contributed by atoms with Crippen molar-refractivity contribution in [1.29, 1.82) is 0 Å². The van der Waals surface area contributed by atoms with E-state index in [1.54, 1.807) is 0 Å². The predicted molar refractivity (Wildman–Crippen MR) is 523 cm³/mol. The molecule has 0 aliphatic rings. The van der Waals surface area contributed by atoms with Gasteiger partial charge >= 0.3 is 0 Å². The van der Waals surface area contributed by atoms with E-state index in [-0.39, 0.29) is 32.0 Å². The van der Waals surface area contributed by atoms with Crippen molar-refractivity contribution in [2.45, 2.75) is 88.9 Å². The number of benzene rings is 20. The Morgan fingerprint density at radius 2 is 0.450 bits per heavy atom. The SMILES string of the molecule is CCCc1ccc2c(-c3ccc(F)cc3F)c3ccccc3c(-c3ccc4c(c3)sc3ccc(-c5c6ccccc6c(-c6ccc(F)cc6F)c6ccc(CCC)cc56)c(S(=O)(=O)c5c(-c6c7ccccc7c(-c7ccc(F)cc7F)c7ccc(CCC)cc67)ccc6sc7cc(-c8c9ccccc9c(-c9ccc(F)cc9F)c9ccc(CCC)cc89)ccc7c56)c34)c2c1. The fourth-order valence-electron chi connectivity index (χ4n) is 20.8. The zero-order chi connectivity index (χ0) is 88.1. The molecular formula is C116H78F8O2S3. The van der Waals surface area contributed by atoms with E-state index < -0.39 is 56.4 Å². The Morgan fingerprint density at radius 3 is 0.713 bits per heavy atom. The Kier molecular flexibility index (Phi) is 20.1. The number of sulfone groups is 1. The molecule has 0 radical (unpaired) electrons. The van der Waals surface area contributed by atoms with Crippen molar-refractivity contribution in [2.24, 2.45) is 0 Å². The molecular weight excluding hydrogens is 1670 g/mol. The minimum absolute atomic E-state index is 0.00800. The minimum atomic E-state index is -5.17. The molecule has 13 heteroatoms. The number of halogens is 8. The third kappa shape index (κ3) is 13.2. The monoisotopic (exact) mass is 1750 g/mol. The Bertz CT molecular complexity index is 8200. The summed E-state index contributed by atoms with van der Waals surface area (Å²) in [4.78, 5) is -0.0160. The van der Waals surface area contributed by atoms with Gasteiger partial charge in [-0.15, -0.1) is 22.7 Å². The van der Waals surface area contributed by atoms with Crippen molar-refractivity contribution in [1.82, 2.24) is 0 Å². The summed E-state index contributed by atoms with van der Waals surface area (Å²) in [7, 11) is -5.17. The van der Waals surface area contributed by atoms with E-state index in [9.17, 15) is 8.78 Å². The fraction of sp³-hybridized carbons (Fsp3) is 0.103. The third-order valence-corrected chi connectivity index (χ3v) is 30.3. The predicted octanol–water partition coefficient (Wildman–Crippen LogP) is 34.7. The highest BCUT2D eigenvalue weighted by Crippen LogP contribution is 2.58. The van der Waals surface area contributed by atoms with Crippen LogP contribution in [0, 0.1) is 46.5 Å². The topological polar surface area (TPSA) is 34.1 Å². The normalized spacial score (nSPS) is 12.2. The molecule has 2 nitrogen and oxygen atoms in total. The van der Waals surface area contributed by atoms with Gasteiger partial charge in [-0.3, -0.25) is 0 Å². The maximum atomic E-state index is 19.4. The summed E-state index contributed by atoms with van der Waals surface area (Å²) in [6.07, 6.45) is 6.02. The van der Waals surface area contributed by atoms with Gasteiger partial charge in [0.2, 0.25) is 9.84 Å². The molecule has 0 spiro atoms. The van der Waals surface area contributed by atoms with Crippen molar-refractivity contribution in [3.8, 4) is 89.0 Å². The average Bonchev–Trinajstić information content (AvgIpc) is 1.62. The first-order valence-electron chi connectivity index (χ1n) is 43.8. The highest BCUT2D eigenvalue weighted by atomic mass is 32.2. The molecule has 0 bridgehead atoms. The summed E-state index contributed by atoms with van der Waals surface area (Å²) in [5.74, 6) is -5.80. The Hall–Kier alpha value is -13.7. The Balaban J connectivity index is 0.895. The van der Waals surface area contributed by atoms with E-state index in [4.69, 9.17) is 0 Å². The number of thiophene rings is 2. The lowest BCUT2D eigenvalue weighted by atomic mass is 9.84. The first-order chi connectivity index (χ1) is 62.9. The lowest BCUT2D eigenvalue weighted by molar-refractivity contribution is 0.585. The maximum absolute atomic E-state index is 19.4. The van der Waals surface area contributed by atoms with E-state index >= 15 is 34.8 Å². The molecule has 0 saturated carbocycles. The van der Waals surface area contributed by atoms with E-state index in [0.717, 1.165) is 160 Å². The van der Waals surface area contributed by atoms with Gasteiger partial charge in [0.05, 0.1) is 9.79 Å². The summed E-state index contributed by atoms with van der Waals surface area (Å²) in [5.41, 5.74) is 12.3. The molecule has 2 aromatic heterocycles. The van der Waals surface area contributed by atoms with Gasteiger partial charge in [0, 0.05) is 120 Å². The number of aryl methyl sites for hydroxylation is 4. The van der Waals surface area contributed by atoms with Gasteiger partial charge < -0.3 is 0 Å². The lowest BCUT2D eigenvalue weighted by Crippen LogP contribution is -2.08. The van der Waals surface area contributed by atoms with Gasteiger partial charge in [0.15, 0.2) is 0 Å². The smallest absolute Gasteiger partial charge is 0.209 e. The van der Waals surface area contributed by atoms with Gasteiger partial charge in [-0.1, -0.05) is 260 Å². The van der Waals surface area contributed by atoms with Gasteiger partial charge in [-0.25, -0.2) is 43.5 Å². The van der Waals surface area contributed by atoms with Crippen LogP contribution in [0.2, 0.25) is 0 Å². The number of fused-ring (bicyclic) bond motifs is 14. The summed E-state index contributed by atoms with van der Waals surface area (Å²) in [6, 6.07) is 90.8. The molecule has 0 N–H and O–H groups in total. The molecule has 628 valence electrons. The second-order valence-electron chi connectivity index (χ2n) is 34.0. The molecule has 22 aromatic rings. The van der Waals surface area contributed by atoms with Crippen molar-refractivity contribution in [2.75, 3.05) is 0 Å². The molecule has 20 aromatic carbocycles. The van der Waals surface area contributed by atoms with Gasteiger partial charge in [0.1, 0.15) is 46.5 Å². The largest absolute Gasteiger partial charge is 0.218 e. The number of rotatable bonds is 18. The molecule has 22 rings (SSSR count). The Morgan fingerprint density at radius 1 is 0.217 bits per heavy atom. The van der Waals surface area contributed by atoms with Crippen LogP contribution in [0.5, 0.6) is 0 Å². The van der Waals surface area contributed by atoms with Crippen molar-refractivity contribution < 1.29 is 43.5 Å². The molecule has 0 unspecified atom stereocenters. The quantitative estimate of drug-likeness (QED) is 0.0634. The molecule has 0 aliphatic carbocycles. The van der Waals surface area contributed by atoms with Crippen LogP contribution in [0.15, 0.2) is 313 Å². The Labute approximate surface area is 747 Å². The molecule has 129 heavy (non-hydrogen) atoms. The van der Waals surface area contributed by atoms with Crippen LogP contribution in [0.4, 0.5) is 35.1 Å². The molecule has 0 fully saturated rings. The van der Waals surface area contributed by atoms with E-state index in [2.05, 4.69) is 88.4 Å². The van der Waals surface area contributed by atoms with Crippen LogP contribution < -0.4 is 0 Å². The summed E-state index contributed by atoms with van der Waals surface area (Å²) < 4.78 is 170. The van der Waals surface area contributed by atoms with E-state index in [1.165, 1.54) is 71.2 Å². The first kappa shape index (κ1) is 81.1. The second kappa shape index (κ2) is 32.0. The van der Waals surface area contributed by atoms with Gasteiger partial charge in [-0.05, 0) is 240 Å². The van der Waals surface area contributed by atoms with Crippen LogP contribution in [0.25, 0.3) is 216 Å².